The number of carbonyl (C=O) groups excluding carboxylic acids is 1. The molecule has 92 valence electrons. The van der Waals surface area contributed by atoms with Gasteiger partial charge in [0, 0.05) is 12.5 Å². The average molecular weight is 227 g/mol. The van der Waals surface area contributed by atoms with E-state index in [1.807, 2.05) is 13.8 Å². The SMILES string of the molecule is CC(C)CC(CNC(=O)C1CCC1)C(=O)O. The van der Waals surface area contributed by atoms with E-state index in [1.165, 1.54) is 0 Å². The summed E-state index contributed by atoms with van der Waals surface area (Å²) in [6.45, 7) is 4.25. The highest BCUT2D eigenvalue weighted by molar-refractivity contribution is 5.80. The summed E-state index contributed by atoms with van der Waals surface area (Å²) in [6.07, 6.45) is 3.63. The van der Waals surface area contributed by atoms with Crippen molar-refractivity contribution in [1.29, 1.82) is 0 Å². The molecule has 0 aromatic rings. The summed E-state index contributed by atoms with van der Waals surface area (Å²) in [4.78, 5) is 22.5. The van der Waals surface area contributed by atoms with Crippen LogP contribution in [0.3, 0.4) is 0 Å². The van der Waals surface area contributed by atoms with Crippen LogP contribution in [0, 0.1) is 17.8 Å². The van der Waals surface area contributed by atoms with Gasteiger partial charge in [0.2, 0.25) is 5.91 Å². The summed E-state index contributed by atoms with van der Waals surface area (Å²) in [5.74, 6) is -0.775. The molecule has 1 amide bonds. The van der Waals surface area contributed by atoms with Crippen LogP contribution in [0.4, 0.5) is 0 Å². The zero-order valence-electron chi connectivity index (χ0n) is 10.0. The minimum atomic E-state index is -0.817. The molecule has 1 saturated carbocycles. The predicted octanol–water partition coefficient (Wildman–Crippen LogP) is 1.65. The molecule has 2 N–H and O–H groups in total. The second-order valence-corrected chi connectivity index (χ2v) is 5.04. The van der Waals surface area contributed by atoms with Gasteiger partial charge in [0.25, 0.3) is 0 Å². The first-order valence-electron chi connectivity index (χ1n) is 6.01. The molecule has 0 aliphatic heterocycles. The molecule has 1 aliphatic rings. The second-order valence-electron chi connectivity index (χ2n) is 5.04. The summed E-state index contributed by atoms with van der Waals surface area (Å²) in [5.41, 5.74) is 0. The van der Waals surface area contributed by atoms with Gasteiger partial charge in [0.1, 0.15) is 0 Å². The number of aliphatic carboxylic acids is 1. The topological polar surface area (TPSA) is 66.4 Å². The molecule has 1 fully saturated rings. The Morgan fingerprint density at radius 3 is 2.38 bits per heavy atom. The van der Waals surface area contributed by atoms with Gasteiger partial charge in [0.05, 0.1) is 5.92 Å². The van der Waals surface area contributed by atoms with Crippen molar-refractivity contribution in [3.63, 3.8) is 0 Å². The fraction of sp³-hybridized carbons (Fsp3) is 0.833. The maximum absolute atomic E-state index is 11.5. The van der Waals surface area contributed by atoms with E-state index in [0.29, 0.717) is 12.3 Å². The van der Waals surface area contributed by atoms with Gasteiger partial charge in [-0.3, -0.25) is 9.59 Å². The van der Waals surface area contributed by atoms with Gasteiger partial charge >= 0.3 is 5.97 Å². The monoisotopic (exact) mass is 227 g/mol. The van der Waals surface area contributed by atoms with Crippen LogP contribution in [0.25, 0.3) is 0 Å². The Morgan fingerprint density at radius 1 is 1.38 bits per heavy atom. The first kappa shape index (κ1) is 13.0. The fourth-order valence-corrected chi connectivity index (χ4v) is 1.88. The van der Waals surface area contributed by atoms with Crippen molar-refractivity contribution in [3.8, 4) is 0 Å². The van der Waals surface area contributed by atoms with E-state index in [2.05, 4.69) is 5.32 Å². The molecule has 0 bridgehead atoms. The zero-order valence-corrected chi connectivity index (χ0v) is 10.0. The van der Waals surface area contributed by atoms with Crippen molar-refractivity contribution in [2.24, 2.45) is 17.8 Å². The van der Waals surface area contributed by atoms with Gasteiger partial charge in [0.15, 0.2) is 0 Å². The quantitative estimate of drug-likeness (QED) is 0.725. The molecule has 0 spiro atoms. The molecular weight excluding hydrogens is 206 g/mol. The molecule has 4 heteroatoms. The van der Waals surface area contributed by atoms with Crippen LogP contribution >= 0.6 is 0 Å². The van der Waals surface area contributed by atoms with Crippen LogP contribution in [0.5, 0.6) is 0 Å². The first-order valence-corrected chi connectivity index (χ1v) is 6.01. The smallest absolute Gasteiger partial charge is 0.308 e. The number of carbonyl (C=O) groups is 2. The third-order valence-corrected chi connectivity index (χ3v) is 3.10. The molecule has 16 heavy (non-hydrogen) atoms. The molecule has 0 radical (unpaired) electrons. The Hall–Kier alpha value is -1.06. The zero-order chi connectivity index (χ0) is 12.1. The highest BCUT2D eigenvalue weighted by Crippen LogP contribution is 2.26. The molecular formula is C12H21NO3. The second kappa shape index (κ2) is 5.87. The van der Waals surface area contributed by atoms with Crippen molar-refractivity contribution >= 4 is 11.9 Å². The molecule has 0 aromatic heterocycles. The highest BCUT2D eigenvalue weighted by Gasteiger charge is 2.26. The van der Waals surface area contributed by atoms with E-state index in [0.717, 1.165) is 19.3 Å². The number of hydrogen-bond acceptors (Lipinski definition) is 2. The molecule has 0 aromatic carbocycles. The lowest BCUT2D eigenvalue weighted by molar-refractivity contribution is -0.142. The van der Waals surface area contributed by atoms with E-state index in [9.17, 15) is 9.59 Å². The Labute approximate surface area is 96.4 Å². The van der Waals surface area contributed by atoms with Crippen molar-refractivity contribution in [2.45, 2.75) is 39.5 Å². The average Bonchev–Trinajstić information content (AvgIpc) is 2.08. The summed E-state index contributed by atoms with van der Waals surface area (Å²) in [5, 5.41) is 11.7. The van der Waals surface area contributed by atoms with Crippen molar-refractivity contribution in [3.05, 3.63) is 0 Å². The Kier molecular flexibility index (Phi) is 4.77. The van der Waals surface area contributed by atoms with Crippen LogP contribution in [0.2, 0.25) is 0 Å². The Balaban J connectivity index is 2.31. The maximum Gasteiger partial charge on any atom is 0.308 e. The van der Waals surface area contributed by atoms with E-state index >= 15 is 0 Å². The standard InChI is InChI=1S/C12H21NO3/c1-8(2)6-10(12(15)16)7-13-11(14)9-4-3-5-9/h8-10H,3-7H2,1-2H3,(H,13,14)(H,15,16). The summed E-state index contributed by atoms with van der Waals surface area (Å²) in [7, 11) is 0. The lowest BCUT2D eigenvalue weighted by Gasteiger charge is -2.25. The van der Waals surface area contributed by atoms with E-state index in [4.69, 9.17) is 5.11 Å². The molecule has 1 aliphatic carbocycles. The third kappa shape index (κ3) is 3.83. The van der Waals surface area contributed by atoms with Gasteiger partial charge in [-0.15, -0.1) is 0 Å². The lowest BCUT2D eigenvalue weighted by atomic mass is 9.84. The largest absolute Gasteiger partial charge is 0.481 e. The summed E-state index contributed by atoms with van der Waals surface area (Å²) >= 11 is 0. The predicted molar refractivity (Wildman–Crippen MR) is 60.9 cm³/mol. The lowest BCUT2D eigenvalue weighted by Crippen LogP contribution is -2.39. The van der Waals surface area contributed by atoms with E-state index in [1.54, 1.807) is 0 Å². The summed E-state index contributed by atoms with van der Waals surface area (Å²) in [6, 6.07) is 0. The number of carboxylic acid groups (broad SMARTS) is 1. The van der Waals surface area contributed by atoms with Crippen molar-refractivity contribution < 1.29 is 14.7 Å². The van der Waals surface area contributed by atoms with Crippen LogP contribution in [0.15, 0.2) is 0 Å². The van der Waals surface area contributed by atoms with Gasteiger partial charge in [-0.2, -0.15) is 0 Å². The molecule has 4 nitrogen and oxygen atoms in total. The third-order valence-electron chi connectivity index (χ3n) is 3.10. The molecule has 0 heterocycles. The van der Waals surface area contributed by atoms with Crippen LogP contribution in [-0.4, -0.2) is 23.5 Å². The first-order chi connectivity index (χ1) is 7.50. The van der Waals surface area contributed by atoms with Crippen LogP contribution in [-0.2, 0) is 9.59 Å². The number of hydrogen-bond donors (Lipinski definition) is 2. The number of carboxylic acids is 1. The number of amides is 1. The maximum atomic E-state index is 11.5. The molecule has 0 saturated heterocycles. The molecule has 1 atom stereocenters. The normalized spacial score (nSPS) is 17.9. The molecule has 1 unspecified atom stereocenters. The Morgan fingerprint density at radius 2 is 2.00 bits per heavy atom. The Bertz CT molecular complexity index is 259. The van der Waals surface area contributed by atoms with Crippen LogP contribution < -0.4 is 5.32 Å². The minimum Gasteiger partial charge on any atom is -0.481 e. The van der Waals surface area contributed by atoms with Crippen molar-refractivity contribution in [2.75, 3.05) is 6.54 Å². The number of rotatable bonds is 6. The van der Waals surface area contributed by atoms with Gasteiger partial charge in [-0.1, -0.05) is 20.3 Å². The van der Waals surface area contributed by atoms with Gasteiger partial charge < -0.3 is 10.4 Å². The van der Waals surface area contributed by atoms with Crippen molar-refractivity contribution in [1.82, 2.24) is 5.32 Å². The highest BCUT2D eigenvalue weighted by atomic mass is 16.4. The minimum absolute atomic E-state index is 0.0289. The number of nitrogens with one attached hydrogen (secondary N) is 1. The fourth-order valence-electron chi connectivity index (χ4n) is 1.88. The van der Waals surface area contributed by atoms with E-state index in [-0.39, 0.29) is 18.4 Å². The summed E-state index contributed by atoms with van der Waals surface area (Å²) < 4.78 is 0. The molecule has 1 rings (SSSR count). The van der Waals surface area contributed by atoms with Gasteiger partial charge in [-0.25, -0.2) is 0 Å². The van der Waals surface area contributed by atoms with Gasteiger partial charge in [-0.05, 0) is 25.2 Å². The van der Waals surface area contributed by atoms with E-state index < -0.39 is 11.9 Å². The van der Waals surface area contributed by atoms with Crippen LogP contribution in [0.1, 0.15) is 39.5 Å².